The van der Waals surface area contributed by atoms with Gasteiger partial charge in [0.25, 0.3) is 0 Å². The minimum Gasteiger partial charge on any atom is -0.383 e. The number of thiophene rings is 1. The molecule has 5 heteroatoms. The lowest BCUT2D eigenvalue weighted by Gasteiger charge is -1.89. The summed E-state index contributed by atoms with van der Waals surface area (Å²) in [6, 6.07) is 7.55. The van der Waals surface area contributed by atoms with E-state index in [0.29, 0.717) is 5.02 Å². The number of fused-ring (bicyclic) bond motifs is 1. The molecule has 0 aliphatic heterocycles. The maximum Gasteiger partial charge on any atom is 0.133 e. The van der Waals surface area contributed by atoms with Gasteiger partial charge >= 0.3 is 0 Å². The van der Waals surface area contributed by atoms with Crippen LogP contribution >= 0.6 is 35.3 Å². The molecule has 0 fully saturated rings. The predicted molar refractivity (Wildman–Crippen MR) is 65.1 cm³/mol. The Morgan fingerprint density at radius 3 is 2.71 bits per heavy atom. The van der Waals surface area contributed by atoms with Crippen molar-refractivity contribution in [3.05, 3.63) is 34.2 Å². The van der Waals surface area contributed by atoms with E-state index < -0.39 is 0 Å². The van der Waals surface area contributed by atoms with Crippen LogP contribution in [-0.2, 0) is 0 Å². The van der Waals surface area contributed by atoms with Crippen molar-refractivity contribution in [1.82, 2.24) is 0 Å². The summed E-state index contributed by atoms with van der Waals surface area (Å²) in [5, 5.41) is 8.96. The first-order valence-electron chi connectivity index (χ1n) is 3.71. The molecule has 0 bridgehead atoms. The Balaban J connectivity index is 0.000000980. The van der Waals surface area contributed by atoms with Crippen molar-refractivity contribution in [1.29, 1.82) is 5.41 Å². The van der Waals surface area contributed by atoms with E-state index in [1.807, 2.05) is 24.3 Å². The molecule has 0 spiro atoms. The summed E-state index contributed by atoms with van der Waals surface area (Å²) in [7, 11) is 0. The van der Waals surface area contributed by atoms with Gasteiger partial charge in [-0.15, -0.1) is 23.7 Å². The summed E-state index contributed by atoms with van der Waals surface area (Å²) in [6.45, 7) is 0. The standard InChI is InChI=1S/C9H7ClN2S.ClH/c10-6-2-1-3-7-5(6)4-8(13-7)9(11)12;/h1-4H,(H3,11,12);1H. The zero-order valence-corrected chi connectivity index (χ0v) is 9.47. The van der Waals surface area contributed by atoms with Crippen molar-refractivity contribution in [3.63, 3.8) is 0 Å². The van der Waals surface area contributed by atoms with Crippen LogP contribution in [0.3, 0.4) is 0 Å². The SMILES string of the molecule is Cl.N=C(N)c1cc2c(Cl)cccc2s1. The molecule has 2 aromatic rings. The molecule has 1 heterocycles. The van der Waals surface area contributed by atoms with Gasteiger partial charge in [-0.25, -0.2) is 0 Å². The Kier molecular flexibility index (Phi) is 3.37. The van der Waals surface area contributed by atoms with E-state index in [1.54, 1.807) is 0 Å². The second-order valence-corrected chi connectivity index (χ2v) is 4.17. The smallest absolute Gasteiger partial charge is 0.133 e. The number of hydrogen-bond acceptors (Lipinski definition) is 2. The number of nitrogens with two attached hydrogens (primary N) is 1. The molecule has 0 saturated carbocycles. The van der Waals surface area contributed by atoms with Crippen LogP contribution in [0.5, 0.6) is 0 Å². The van der Waals surface area contributed by atoms with E-state index >= 15 is 0 Å². The van der Waals surface area contributed by atoms with Gasteiger partial charge in [-0.1, -0.05) is 17.7 Å². The van der Waals surface area contributed by atoms with Crippen LogP contribution in [-0.4, -0.2) is 5.84 Å². The highest BCUT2D eigenvalue weighted by molar-refractivity contribution is 7.20. The molecule has 0 amide bonds. The summed E-state index contributed by atoms with van der Waals surface area (Å²) in [5.74, 6) is 0.0947. The Morgan fingerprint density at radius 2 is 2.14 bits per heavy atom. The van der Waals surface area contributed by atoms with E-state index in [9.17, 15) is 0 Å². The van der Waals surface area contributed by atoms with Crippen molar-refractivity contribution in [2.75, 3.05) is 0 Å². The van der Waals surface area contributed by atoms with Gasteiger partial charge in [0.15, 0.2) is 0 Å². The number of benzene rings is 1. The first-order chi connectivity index (χ1) is 6.18. The fourth-order valence-corrected chi connectivity index (χ4v) is 2.39. The second-order valence-electron chi connectivity index (χ2n) is 2.68. The van der Waals surface area contributed by atoms with E-state index in [1.165, 1.54) is 11.3 Å². The molecule has 0 atom stereocenters. The normalized spacial score (nSPS) is 9.79. The fourth-order valence-electron chi connectivity index (χ4n) is 1.16. The number of halogens is 2. The van der Waals surface area contributed by atoms with Crippen LogP contribution in [0, 0.1) is 5.41 Å². The highest BCUT2D eigenvalue weighted by Gasteiger charge is 2.05. The van der Waals surface area contributed by atoms with Gasteiger partial charge in [0, 0.05) is 15.1 Å². The van der Waals surface area contributed by atoms with E-state index in [4.69, 9.17) is 22.7 Å². The van der Waals surface area contributed by atoms with Crippen molar-refractivity contribution in [3.8, 4) is 0 Å². The first-order valence-corrected chi connectivity index (χ1v) is 4.90. The molecule has 0 aliphatic carbocycles. The summed E-state index contributed by atoms with van der Waals surface area (Å²) in [4.78, 5) is 0.767. The predicted octanol–water partition coefficient (Wildman–Crippen LogP) is 3.26. The van der Waals surface area contributed by atoms with Crippen LogP contribution in [0.4, 0.5) is 0 Å². The molecule has 3 N–H and O–H groups in total. The Hall–Kier alpha value is -0.770. The number of rotatable bonds is 1. The first kappa shape index (κ1) is 11.3. The number of nitrogen functional groups attached to an aromatic ring is 1. The number of amidine groups is 1. The molecule has 1 aromatic heterocycles. The molecule has 0 radical (unpaired) electrons. The maximum atomic E-state index is 7.28. The Labute approximate surface area is 96.6 Å². The van der Waals surface area contributed by atoms with Crippen LogP contribution in [0.25, 0.3) is 10.1 Å². The van der Waals surface area contributed by atoms with E-state index in [-0.39, 0.29) is 18.2 Å². The lowest BCUT2D eigenvalue weighted by Crippen LogP contribution is -2.08. The van der Waals surface area contributed by atoms with Gasteiger partial charge < -0.3 is 5.73 Å². The Morgan fingerprint density at radius 1 is 1.43 bits per heavy atom. The van der Waals surface area contributed by atoms with Gasteiger partial charge in [-0.2, -0.15) is 0 Å². The summed E-state index contributed by atoms with van der Waals surface area (Å²) >= 11 is 7.46. The quantitative estimate of drug-likeness (QED) is 0.589. The van der Waals surface area contributed by atoms with Gasteiger partial charge in [0.2, 0.25) is 0 Å². The highest BCUT2D eigenvalue weighted by atomic mass is 35.5. The van der Waals surface area contributed by atoms with Crippen LogP contribution < -0.4 is 5.73 Å². The highest BCUT2D eigenvalue weighted by Crippen LogP contribution is 2.30. The third-order valence-electron chi connectivity index (χ3n) is 1.77. The lowest BCUT2D eigenvalue weighted by atomic mass is 10.2. The molecule has 0 unspecified atom stereocenters. The van der Waals surface area contributed by atoms with Crippen LogP contribution in [0.1, 0.15) is 4.88 Å². The van der Waals surface area contributed by atoms with Crippen molar-refractivity contribution < 1.29 is 0 Å². The zero-order valence-electron chi connectivity index (χ0n) is 7.08. The summed E-state index contributed by atoms with van der Waals surface area (Å²) < 4.78 is 1.07. The largest absolute Gasteiger partial charge is 0.383 e. The molecule has 74 valence electrons. The number of nitrogens with one attached hydrogen (secondary N) is 1. The Bertz CT molecular complexity index is 479. The van der Waals surface area contributed by atoms with E-state index in [2.05, 4.69) is 0 Å². The molecule has 2 rings (SSSR count). The maximum absolute atomic E-state index is 7.28. The van der Waals surface area contributed by atoms with E-state index in [0.717, 1.165) is 15.0 Å². The molecule has 0 saturated heterocycles. The van der Waals surface area contributed by atoms with Crippen molar-refractivity contribution in [2.45, 2.75) is 0 Å². The molecule has 0 aliphatic rings. The van der Waals surface area contributed by atoms with Crippen molar-refractivity contribution in [2.24, 2.45) is 5.73 Å². The van der Waals surface area contributed by atoms with Crippen LogP contribution in [0.15, 0.2) is 24.3 Å². The number of hydrogen-bond donors (Lipinski definition) is 2. The molecular formula is C9H8Cl2N2S. The minimum atomic E-state index is 0. The molecular weight excluding hydrogens is 239 g/mol. The summed E-state index contributed by atoms with van der Waals surface area (Å²) in [6.07, 6.45) is 0. The zero-order chi connectivity index (χ0) is 9.42. The lowest BCUT2D eigenvalue weighted by molar-refractivity contribution is 1.46. The van der Waals surface area contributed by atoms with Crippen molar-refractivity contribution >= 4 is 51.3 Å². The minimum absolute atomic E-state index is 0. The average Bonchev–Trinajstić information content (AvgIpc) is 2.49. The average molecular weight is 247 g/mol. The molecule has 14 heavy (non-hydrogen) atoms. The third kappa shape index (κ3) is 1.85. The van der Waals surface area contributed by atoms with Gasteiger partial charge in [-0.05, 0) is 18.2 Å². The monoisotopic (exact) mass is 246 g/mol. The van der Waals surface area contributed by atoms with Gasteiger partial charge in [0.05, 0.1) is 4.88 Å². The third-order valence-corrected chi connectivity index (χ3v) is 3.24. The topological polar surface area (TPSA) is 49.9 Å². The molecule has 2 nitrogen and oxygen atoms in total. The summed E-state index contributed by atoms with van der Waals surface area (Å²) in [5.41, 5.74) is 5.38. The van der Waals surface area contributed by atoms with Gasteiger partial charge in [0.1, 0.15) is 5.84 Å². The molecule has 1 aromatic carbocycles. The van der Waals surface area contributed by atoms with Crippen LogP contribution in [0.2, 0.25) is 5.02 Å². The van der Waals surface area contributed by atoms with Gasteiger partial charge in [-0.3, -0.25) is 5.41 Å². The second kappa shape index (κ2) is 4.17. The fraction of sp³-hybridized carbons (Fsp3) is 0.